The topological polar surface area (TPSA) is 72.2 Å². The van der Waals surface area contributed by atoms with Crippen LogP contribution in [0.4, 0.5) is 10.1 Å². The molecule has 6 heteroatoms. The van der Waals surface area contributed by atoms with E-state index in [1.807, 2.05) is 0 Å². The molecule has 0 unspecified atom stereocenters. The zero-order valence-corrected chi connectivity index (χ0v) is 12.5. The molecule has 0 aliphatic heterocycles. The summed E-state index contributed by atoms with van der Waals surface area (Å²) in [6.07, 6.45) is 5.84. The molecule has 0 saturated heterocycles. The van der Waals surface area contributed by atoms with Crippen LogP contribution in [0.15, 0.2) is 23.1 Å². The first-order chi connectivity index (χ1) is 9.36. The van der Waals surface area contributed by atoms with Crippen molar-refractivity contribution in [1.82, 2.24) is 0 Å². The minimum Gasteiger partial charge on any atom is -0.382 e. The molecule has 1 fully saturated rings. The number of nitrogens with one attached hydrogen (secondary N) is 1. The van der Waals surface area contributed by atoms with E-state index >= 15 is 0 Å². The molecule has 1 aromatic carbocycles. The van der Waals surface area contributed by atoms with Crippen molar-refractivity contribution in [2.24, 2.45) is 10.6 Å². The summed E-state index contributed by atoms with van der Waals surface area (Å²) in [4.78, 5) is -0.202. The van der Waals surface area contributed by atoms with Gasteiger partial charge in [0.1, 0.15) is 5.82 Å². The van der Waals surface area contributed by atoms with Crippen molar-refractivity contribution >= 4 is 15.7 Å². The van der Waals surface area contributed by atoms with E-state index in [-0.39, 0.29) is 10.3 Å². The van der Waals surface area contributed by atoms with E-state index in [0.717, 1.165) is 31.9 Å². The average Bonchev–Trinajstić information content (AvgIpc) is 2.85. The Kier molecular flexibility index (Phi) is 4.34. The normalized spacial score (nSPS) is 18.1. The average molecular weight is 300 g/mol. The Labute approximate surface area is 119 Å². The van der Waals surface area contributed by atoms with Crippen molar-refractivity contribution in [2.75, 3.05) is 11.9 Å². The fourth-order valence-corrected chi connectivity index (χ4v) is 3.40. The van der Waals surface area contributed by atoms with Gasteiger partial charge in [0.2, 0.25) is 10.0 Å². The van der Waals surface area contributed by atoms with Crippen molar-refractivity contribution < 1.29 is 12.8 Å². The molecule has 1 aliphatic rings. The highest BCUT2D eigenvalue weighted by molar-refractivity contribution is 7.89. The molecule has 0 amide bonds. The van der Waals surface area contributed by atoms with E-state index in [1.165, 1.54) is 25.0 Å². The molecule has 1 aromatic rings. The quantitative estimate of drug-likeness (QED) is 0.878. The summed E-state index contributed by atoms with van der Waals surface area (Å²) in [5, 5.41) is 8.09. The number of hydrogen-bond donors (Lipinski definition) is 2. The van der Waals surface area contributed by atoms with E-state index < -0.39 is 15.8 Å². The Hall–Kier alpha value is -1.14. The highest BCUT2D eigenvalue weighted by Crippen LogP contribution is 2.41. The number of hydrogen-bond acceptors (Lipinski definition) is 3. The molecule has 112 valence electrons. The van der Waals surface area contributed by atoms with Gasteiger partial charge in [-0.3, -0.25) is 0 Å². The van der Waals surface area contributed by atoms with Crippen LogP contribution in [-0.2, 0) is 10.0 Å². The minimum absolute atomic E-state index is 0.202. The van der Waals surface area contributed by atoms with Crippen LogP contribution in [0.1, 0.15) is 39.0 Å². The second kappa shape index (κ2) is 5.69. The van der Waals surface area contributed by atoms with E-state index in [4.69, 9.17) is 5.14 Å². The van der Waals surface area contributed by atoms with E-state index in [9.17, 15) is 12.8 Å². The molecule has 0 heterocycles. The molecule has 0 spiro atoms. The van der Waals surface area contributed by atoms with Gasteiger partial charge in [-0.1, -0.05) is 19.8 Å². The summed E-state index contributed by atoms with van der Waals surface area (Å²) in [6, 6.07) is 3.73. The van der Waals surface area contributed by atoms with Gasteiger partial charge in [-0.25, -0.2) is 17.9 Å². The highest BCUT2D eigenvalue weighted by Gasteiger charge is 2.31. The van der Waals surface area contributed by atoms with Crippen LogP contribution in [0.2, 0.25) is 0 Å². The molecule has 0 atom stereocenters. The zero-order valence-electron chi connectivity index (χ0n) is 11.7. The second-order valence-corrected chi connectivity index (χ2v) is 7.16. The van der Waals surface area contributed by atoms with Crippen LogP contribution in [-0.4, -0.2) is 15.0 Å². The monoisotopic (exact) mass is 300 g/mol. The van der Waals surface area contributed by atoms with Crippen LogP contribution in [0.5, 0.6) is 0 Å². The van der Waals surface area contributed by atoms with Crippen LogP contribution >= 0.6 is 0 Å². The smallest absolute Gasteiger partial charge is 0.238 e. The number of benzene rings is 1. The molecule has 3 N–H and O–H groups in total. The van der Waals surface area contributed by atoms with Crippen LogP contribution in [0.3, 0.4) is 0 Å². The molecule has 4 nitrogen and oxygen atoms in total. The molecule has 0 bridgehead atoms. The molecular weight excluding hydrogens is 279 g/mol. The maximum Gasteiger partial charge on any atom is 0.238 e. The lowest BCUT2D eigenvalue weighted by Crippen LogP contribution is -2.26. The molecule has 1 aliphatic carbocycles. The van der Waals surface area contributed by atoms with Crippen LogP contribution in [0.25, 0.3) is 0 Å². The number of rotatable bonds is 5. The first-order valence-corrected chi connectivity index (χ1v) is 8.47. The van der Waals surface area contributed by atoms with E-state index in [2.05, 4.69) is 12.2 Å². The largest absolute Gasteiger partial charge is 0.382 e. The van der Waals surface area contributed by atoms with Crippen molar-refractivity contribution in [2.45, 2.75) is 43.9 Å². The number of primary sulfonamides is 1. The van der Waals surface area contributed by atoms with Gasteiger partial charge in [0.05, 0.1) is 10.6 Å². The lowest BCUT2D eigenvalue weighted by molar-refractivity contribution is 0.306. The van der Waals surface area contributed by atoms with Crippen LogP contribution < -0.4 is 10.5 Å². The predicted molar refractivity (Wildman–Crippen MR) is 77.5 cm³/mol. The molecule has 20 heavy (non-hydrogen) atoms. The Morgan fingerprint density at radius 2 is 2.00 bits per heavy atom. The summed E-state index contributed by atoms with van der Waals surface area (Å²) in [5.74, 6) is -0.583. The van der Waals surface area contributed by atoms with Crippen molar-refractivity contribution in [1.29, 1.82) is 0 Å². The predicted octanol–water partition coefficient (Wildman–Crippen LogP) is 2.86. The Bertz CT molecular complexity index is 581. The molecular formula is C14H21FN2O2S. The van der Waals surface area contributed by atoms with Crippen molar-refractivity contribution in [3.05, 3.63) is 24.0 Å². The molecule has 2 rings (SSSR count). The Morgan fingerprint density at radius 1 is 1.35 bits per heavy atom. The van der Waals surface area contributed by atoms with E-state index in [1.54, 1.807) is 0 Å². The number of nitrogens with two attached hydrogens (primary N) is 1. The van der Waals surface area contributed by atoms with Crippen LogP contribution in [0, 0.1) is 11.2 Å². The van der Waals surface area contributed by atoms with Crippen molar-refractivity contribution in [3.8, 4) is 0 Å². The van der Waals surface area contributed by atoms with Gasteiger partial charge in [-0.05, 0) is 42.9 Å². The first kappa shape index (κ1) is 15.3. The van der Waals surface area contributed by atoms with Gasteiger partial charge in [-0.2, -0.15) is 0 Å². The third-order valence-electron chi connectivity index (χ3n) is 4.34. The minimum atomic E-state index is -3.86. The number of anilines is 1. The van der Waals surface area contributed by atoms with Gasteiger partial charge < -0.3 is 5.32 Å². The third-order valence-corrected chi connectivity index (χ3v) is 5.25. The fraction of sp³-hybridized carbons (Fsp3) is 0.571. The van der Waals surface area contributed by atoms with Gasteiger partial charge in [0, 0.05) is 6.54 Å². The second-order valence-electron chi connectivity index (χ2n) is 5.60. The van der Waals surface area contributed by atoms with Gasteiger partial charge >= 0.3 is 0 Å². The molecule has 0 aromatic heterocycles. The summed E-state index contributed by atoms with van der Waals surface area (Å²) in [7, 11) is -3.86. The zero-order chi connectivity index (χ0) is 14.8. The third kappa shape index (κ3) is 3.30. The van der Waals surface area contributed by atoms with Gasteiger partial charge in [0.15, 0.2) is 0 Å². The molecule has 0 radical (unpaired) electrons. The lowest BCUT2D eigenvalue weighted by Gasteiger charge is -2.28. The summed E-state index contributed by atoms with van der Waals surface area (Å²) < 4.78 is 36.2. The lowest BCUT2D eigenvalue weighted by atomic mass is 9.83. The number of sulfonamides is 1. The Morgan fingerprint density at radius 3 is 2.50 bits per heavy atom. The SMILES string of the molecule is CCC1(CNc2ccc(S(N)(=O)=O)cc2F)CCCC1. The molecule has 1 saturated carbocycles. The number of halogens is 1. The maximum absolute atomic E-state index is 13.9. The highest BCUT2D eigenvalue weighted by atomic mass is 32.2. The van der Waals surface area contributed by atoms with E-state index in [0.29, 0.717) is 5.69 Å². The van der Waals surface area contributed by atoms with Gasteiger partial charge in [-0.15, -0.1) is 0 Å². The first-order valence-electron chi connectivity index (χ1n) is 6.93. The summed E-state index contributed by atoms with van der Waals surface area (Å²) in [6.45, 7) is 2.88. The summed E-state index contributed by atoms with van der Waals surface area (Å²) in [5.41, 5.74) is 0.572. The van der Waals surface area contributed by atoms with Gasteiger partial charge in [0.25, 0.3) is 0 Å². The Balaban J connectivity index is 2.11. The maximum atomic E-state index is 13.9. The standard InChI is InChI=1S/C14H21FN2O2S/c1-2-14(7-3-4-8-14)10-17-13-6-5-11(9-12(13)15)20(16,18)19/h5-6,9,17H,2-4,7-8,10H2,1H3,(H2,16,18,19). The van der Waals surface area contributed by atoms with Crippen molar-refractivity contribution in [3.63, 3.8) is 0 Å². The fourth-order valence-electron chi connectivity index (χ4n) is 2.88. The summed E-state index contributed by atoms with van der Waals surface area (Å²) >= 11 is 0.